The zero-order valence-corrected chi connectivity index (χ0v) is 13.8. The third-order valence-electron chi connectivity index (χ3n) is 3.21. The molecule has 1 heterocycles. The summed E-state index contributed by atoms with van der Waals surface area (Å²) in [4.78, 5) is 40.9. The number of aromatic amines is 1. The Hall–Kier alpha value is -3.00. The number of carbonyl (C=O) groups excluding carboxylic acids is 2. The van der Waals surface area contributed by atoms with Gasteiger partial charge >= 0.3 is 11.9 Å². The lowest BCUT2D eigenvalue weighted by Crippen LogP contribution is -2.33. The summed E-state index contributed by atoms with van der Waals surface area (Å²) in [7, 11) is 0. The molecular weight excluding hydrogens is 328 g/mol. The van der Waals surface area contributed by atoms with E-state index in [4.69, 9.17) is 9.47 Å². The first-order chi connectivity index (χ1) is 11.9. The number of carbonyl (C=O) groups is 2. The predicted octanol–water partition coefficient (Wildman–Crippen LogP) is 0.792. The molecule has 0 bridgehead atoms. The second-order valence-corrected chi connectivity index (χ2v) is 5.27. The van der Waals surface area contributed by atoms with E-state index in [1.54, 1.807) is 24.3 Å². The highest BCUT2D eigenvalue weighted by molar-refractivity contribution is 5.77. The Morgan fingerprint density at radius 1 is 1.28 bits per heavy atom. The van der Waals surface area contributed by atoms with Crippen molar-refractivity contribution < 1.29 is 24.2 Å². The number of ether oxygens (including phenoxy) is 2. The van der Waals surface area contributed by atoms with E-state index < -0.39 is 24.1 Å². The number of para-hydroxylation sites is 1. The summed E-state index contributed by atoms with van der Waals surface area (Å²) in [5, 5.41) is 10.5. The molecule has 0 unspecified atom stereocenters. The van der Waals surface area contributed by atoms with Crippen LogP contribution in [0.1, 0.15) is 19.7 Å². The second-order valence-electron chi connectivity index (χ2n) is 5.27. The molecule has 8 heteroatoms. The van der Waals surface area contributed by atoms with Crippen molar-refractivity contribution in [3.63, 3.8) is 0 Å². The number of fused-ring (bicyclic) bond motifs is 1. The molecule has 0 amide bonds. The van der Waals surface area contributed by atoms with Crippen molar-refractivity contribution in [2.24, 2.45) is 0 Å². The number of rotatable bonds is 6. The lowest BCUT2D eigenvalue weighted by Gasteiger charge is -2.19. The third kappa shape index (κ3) is 5.25. The van der Waals surface area contributed by atoms with Gasteiger partial charge in [0.15, 0.2) is 0 Å². The lowest BCUT2D eigenvalue weighted by molar-refractivity contribution is -0.154. The first-order valence-corrected chi connectivity index (χ1v) is 7.52. The first kappa shape index (κ1) is 18.3. The van der Waals surface area contributed by atoms with Crippen molar-refractivity contribution in [3.05, 3.63) is 46.5 Å². The van der Waals surface area contributed by atoms with Crippen molar-refractivity contribution in [1.82, 2.24) is 9.97 Å². The monoisotopic (exact) mass is 346 g/mol. The average Bonchev–Trinajstić information content (AvgIpc) is 2.56. The highest BCUT2D eigenvalue weighted by atomic mass is 16.6. The summed E-state index contributed by atoms with van der Waals surface area (Å²) < 4.78 is 9.70. The van der Waals surface area contributed by atoms with E-state index in [0.29, 0.717) is 10.9 Å². The summed E-state index contributed by atoms with van der Waals surface area (Å²) in [6.07, 6.45) is 0.464. The first-order valence-electron chi connectivity index (χ1n) is 7.52. The van der Waals surface area contributed by atoms with Crippen LogP contribution in [0.3, 0.4) is 0 Å². The highest BCUT2D eigenvalue weighted by Crippen LogP contribution is 2.09. The molecule has 8 nitrogen and oxygen atoms in total. The molecule has 0 radical (unpaired) electrons. The van der Waals surface area contributed by atoms with Crippen molar-refractivity contribution >= 4 is 28.9 Å². The topological polar surface area (TPSA) is 119 Å². The largest absolute Gasteiger partial charge is 0.463 e. The standard InChI is InChI=1S/C17H18N2O6/c1-10(20)24-9-14(22)15(25-11(2)21)7-8-16-18-13-6-4-3-5-12(13)17(23)19-16/h3-8,14-15,22H,9H2,1-2H3,(H,18,19,23)/b8-7+/t14-,15+/m1/s1. The van der Waals surface area contributed by atoms with Crippen LogP contribution in [0.25, 0.3) is 17.0 Å². The smallest absolute Gasteiger partial charge is 0.303 e. The Bertz CT molecular complexity index is 858. The van der Waals surface area contributed by atoms with E-state index in [-0.39, 0.29) is 18.0 Å². The minimum Gasteiger partial charge on any atom is -0.463 e. The number of hydrogen-bond acceptors (Lipinski definition) is 7. The zero-order valence-electron chi connectivity index (χ0n) is 13.8. The maximum absolute atomic E-state index is 12.0. The van der Waals surface area contributed by atoms with Crippen LogP contribution < -0.4 is 5.56 Å². The van der Waals surface area contributed by atoms with Crippen molar-refractivity contribution in [2.45, 2.75) is 26.1 Å². The maximum atomic E-state index is 12.0. The van der Waals surface area contributed by atoms with Gasteiger partial charge in [-0.15, -0.1) is 0 Å². The van der Waals surface area contributed by atoms with Crippen molar-refractivity contribution in [2.75, 3.05) is 6.61 Å². The summed E-state index contributed by atoms with van der Waals surface area (Å²) in [6, 6.07) is 6.84. The van der Waals surface area contributed by atoms with Gasteiger partial charge < -0.3 is 19.6 Å². The molecule has 0 fully saturated rings. The van der Waals surface area contributed by atoms with Crippen LogP contribution in [0.2, 0.25) is 0 Å². The van der Waals surface area contributed by atoms with E-state index in [0.717, 1.165) is 0 Å². The number of aromatic nitrogens is 2. The molecule has 0 aliphatic carbocycles. The van der Waals surface area contributed by atoms with Gasteiger partial charge in [0, 0.05) is 13.8 Å². The van der Waals surface area contributed by atoms with Crippen LogP contribution in [0, 0.1) is 0 Å². The van der Waals surface area contributed by atoms with Gasteiger partial charge in [0.05, 0.1) is 10.9 Å². The highest BCUT2D eigenvalue weighted by Gasteiger charge is 2.21. The second kappa shape index (κ2) is 8.20. The normalized spacial score (nSPS) is 13.6. The Morgan fingerprint density at radius 2 is 2.00 bits per heavy atom. The number of esters is 2. The molecule has 1 aromatic carbocycles. The van der Waals surface area contributed by atoms with Crippen LogP contribution in [0.5, 0.6) is 0 Å². The Balaban J connectivity index is 2.23. The Labute approximate surface area is 143 Å². The Morgan fingerprint density at radius 3 is 2.68 bits per heavy atom. The van der Waals surface area contributed by atoms with Gasteiger partial charge in [-0.25, -0.2) is 4.98 Å². The summed E-state index contributed by atoms with van der Waals surface area (Å²) in [6.45, 7) is 2.06. The number of hydrogen-bond donors (Lipinski definition) is 2. The quantitative estimate of drug-likeness (QED) is 0.742. The molecule has 2 rings (SSSR count). The molecular formula is C17H18N2O6. The van der Waals surface area contributed by atoms with Crippen LogP contribution in [0.15, 0.2) is 35.1 Å². The number of nitrogens with zero attached hydrogens (tertiary/aromatic N) is 1. The van der Waals surface area contributed by atoms with Crippen LogP contribution in [-0.2, 0) is 19.1 Å². The number of benzene rings is 1. The van der Waals surface area contributed by atoms with E-state index >= 15 is 0 Å². The third-order valence-corrected chi connectivity index (χ3v) is 3.21. The van der Waals surface area contributed by atoms with Gasteiger partial charge in [-0.1, -0.05) is 12.1 Å². The molecule has 2 N–H and O–H groups in total. The molecule has 0 aliphatic heterocycles. The SMILES string of the molecule is CC(=O)OC[C@@H](O)[C@H](/C=C/c1nc2ccccc2c(=O)[nH]1)OC(C)=O. The maximum Gasteiger partial charge on any atom is 0.303 e. The average molecular weight is 346 g/mol. The van der Waals surface area contributed by atoms with Gasteiger partial charge in [-0.2, -0.15) is 0 Å². The molecule has 132 valence electrons. The lowest BCUT2D eigenvalue weighted by atomic mass is 10.2. The van der Waals surface area contributed by atoms with Crippen LogP contribution in [0.4, 0.5) is 0 Å². The Kier molecular flexibility index (Phi) is 6.02. The fourth-order valence-corrected chi connectivity index (χ4v) is 2.10. The summed E-state index contributed by atoms with van der Waals surface area (Å²) >= 11 is 0. The van der Waals surface area contributed by atoms with Gasteiger partial charge in [0.25, 0.3) is 5.56 Å². The summed E-state index contributed by atoms with van der Waals surface area (Å²) in [5.74, 6) is -0.942. The van der Waals surface area contributed by atoms with Crippen molar-refractivity contribution in [3.8, 4) is 0 Å². The molecule has 2 atom stereocenters. The molecule has 0 saturated carbocycles. The molecule has 1 aromatic heterocycles. The zero-order chi connectivity index (χ0) is 18.4. The van der Waals surface area contributed by atoms with Gasteiger partial charge in [-0.05, 0) is 24.3 Å². The molecule has 2 aromatic rings. The predicted molar refractivity (Wildman–Crippen MR) is 89.6 cm³/mol. The van der Waals surface area contributed by atoms with Gasteiger partial charge in [0.2, 0.25) is 0 Å². The fourth-order valence-electron chi connectivity index (χ4n) is 2.10. The van der Waals surface area contributed by atoms with E-state index in [1.165, 1.54) is 26.0 Å². The molecule has 25 heavy (non-hydrogen) atoms. The van der Waals surface area contributed by atoms with Gasteiger partial charge in [-0.3, -0.25) is 14.4 Å². The van der Waals surface area contributed by atoms with Crippen molar-refractivity contribution in [1.29, 1.82) is 0 Å². The molecule has 0 aliphatic rings. The van der Waals surface area contributed by atoms with E-state index in [1.807, 2.05) is 0 Å². The number of aliphatic hydroxyl groups is 1. The number of aliphatic hydroxyl groups excluding tert-OH is 1. The molecule has 0 spiro atoms. The van der Waals surface area contributed by atoms with E-state index in [9.17, 15) is 19.5 Å². The minimum absolute atomic E-state index is 0.237. The van der Waals surface area contributed by atoms with E-state index in [2.05, 4.69) is 9.97 Å². The molecule has 0 saturated heterocycles. The minimum atomic E-state index is -1.25. The van der Waals surface area contributed by atoms with Gasteiger partial charge in [0.1, 0.15) is 24.6 Å². The van der Waals surface area contributed by atoms with Crippen LogP contribution in [-0.4, -0.2) is 45.8 Å². The summed E-state index contributed by atoms with van der Waals surface area (Å²) in [5.41, 5.74) is 0.199. The fraction of sp³-hybridized carbons (Fsp3) is 0.294. The number of nitrogens with one attached hydrogen (secondary N) is 1. The van der Waals surface area contributed by atoms with Crippen LogP contribution >= 0.6 is 0 Å². The number of H-pyrrole nitrogens is 1.